The second kappa shape index (κ2) is 6.06. The summed E-state index contributed by atoms with van der Waals surface area (Å²) in [5.74, 6) is 0.0680. The van der Waals surface area contributed by atoms with E-state index < -0.39 is 0 Å². The maximum Gasteiger partial charge on any atom is 0.107 e. The average Bonchev–Trinajstić information content (AvgIpc) is 2.17. The van der Waals surface area contributed by atoms with Gasteiger partial charge in [0.2, 0.25) is 0 Å². The zero-order valence-corrected chi connectivity index (χ0v) is 9.11. The monoisotopic (exact) mass is 231 g/mol. The first kappa shape index (κ1) is 11.6. The van der Waals surface area contributed by atoms with Gasteiger partial charge in [0.05, 0.1) is 5.02 Å². The molecule has 0 atom stereocenters. The minimum absolute atomic E-state index is 0.211. The van der Waals surface area contributed by atoms with Crippen LogP contribution in [0.5, 0.6) is 0 Å². The molecule has 76 valence electrons. The molecule has 0 aliphatic heterocycles. The van der Waals surface area contributed by atoms with Crippen molar-refractivity contribution in [3.05, 3.63) is 41.2 Å². The predicted octanol–water partition coefficient (Wildman–Crippen LogP) is 3.24. The lowest BCUT2D eigenvalue weighted by Gasteiger charge is -2.01. The van der Waals surface area contributed by atoms with Gasteiger partial charge in [-0.2, -0.15) is 0 Å². The minimum Gasteiger partial charge on any atom is -0.327 e. The van der Waals surface area contributed by atoms with E-state index in [-0.39, 0.29) is 18.1 Å². The number of thioether (sulfide) groups is 1. The van der Waals surface area contributed by atoms with Gasteiger partial charge in [-0.15, -0.1) is 11.8 Å². The number of halogens is 2. The summed E-state index contributed by atoms with van der Waals surface area (Å²) >= 11 is 7.26. The van der Waals surface area contributed by atoms with Crippen molar-refractivity contribution in [2.75, 3.05) is 12.3 Å². The highest BCUT2D eigenvalue weighted by Gasteiger charge is 2.01. The van der Waals surface area contributed by atoms with Crippen molar-refractivity contribution in [1.82, 2.24) is 0 Å². The minimum atomic E-state index is -0.211. The van der Waals surface area contributed by atoms with E-state index in [1.165, 1.54) is 17.8 Å². The standard InChI is InChI=1S/C10H11ClFNS/c11-9-3-1-2-4-10(9)14-7-8(12)5-6-13/h1-5H,6-7,13H2/b8-5-. The topological polar surface area (TPSA) is 26.0 Å². The van der Waals surface area contributed by atoms with Gasteiger partial charge in [-0.25, -0.2) is 4.39 Å². The Bertz CT molecular complexity index is 328. The molecule has 0 aliphatic rings. The van der Waals surface area contributed by atoms with Crippen molar-refractivity contribution < 1.29 is 4.39 Å². The van der Waals surface area contributed by atoms with Crippen molar-refractivity contribution in [2.24, 2.45) is 5.73 Å². The van der Waals surface area contributed by atoms with Crippen LogP contribution < -0.4 is 5.73 Å². The van der Waals surface area contributed by atoms with Crippen molar-refractivity contribution in [3.63, 3.8) is 0 Å². The van der Waals surface area contributed by atoms with Crippen LogP contribution in [0.2, 0.25) is 5.02 Å². The van der Waals surface area contributed by atoms with Gasteiger partial charge in [0, 0.05) is 17.2 Å². The van der Waals surface area contributed by atoms with Gasteiger partial charge >= 0.3 is 0 Å². The van der Waals surface area contributed by atoms with E-state index in [0.29, 0.717) is 5.02 Å². The highest BCUT2D eigenvalue weighted by molar-refractivity contribution is 7.99. The van der Waals surface area contributed by atoms with Crippen LogP contribution in [0.25, 0.3) is 0 Å². The number of benzene rings is 1. The highest BCUT2D eigenvalue weighted by Crippen LogP contribution is 2.27. The van der Waals surface area contributed by atoms with Crippen LogP contribution in [-0.2, 0) is 0 Å². The van der Waals surface area contributed by atoms with Crippen LogP contribution >= 0.6 is 23.4 Å². The molecule has 2 N–H and O–H groups in total. The quantitative estimate of drug-likeness (QED) is 0.806. The van der Waals surface area contributed by atoms with Gasteiger partial charge < -0.3 is 5.73 Å². The van der Waals surface area contributed by atoms with Gasteiger partial charge in [-0.05, 0) is 18.2 Å². The second-order valence-electron chi connectivity index (χ2n) is 2.61. The summed E-state index contributed by atoms with van der Waals surface area (Å²) in [5.41, 5.74) is 5.18. The molecule has 0 radical (unpaired) electrons. The van der Waals surface area contributed by atoms with Gasteiger partial charge in [-0.1, -0.05) is 23.7 Å². The van der Waals surface area contributed by atoms with Crippen molar-refractivity contribution in [2.45, 2.75) is 4.90 Å². The molecule has 0 fully saturated rings. The molecule has 0 amide bonds. The Labute approximate surface area is 92.1 Å². The van der Waals surface area contributed by atoms with Crippen molar-refractivity contribution >= 4 is 23.4 Å². The Morgan fingerprint density at radius 1 is 1.50 bits per heavy atom. The first-order valence-corrected chi connectivity index (χ1v) is 5.52. The van der Waals surface area contributed by atoms with E-state index in [1.807, 2.05) is 18.2 Å². The molecule has 0 aliphatic carbocycles. The summed E-state index contributed by atoms with van der Waals surface area (Å²) in [6, 6.07) is 7.37. The third-order valence-corrected chi connectivity index (χ3v) is 3.07. The fraction of sp³-hybridized carbons (Fsp3) is 0.200. The summed E-state index contributed by atoms with van der Waals surface area (Å²) in [7, 11) is 0. The summed E-state index contributed by atoms with van der Waals surface area (Å²) in [6.07, 6.45) is 1.36. The van der Waals surface area contributed by atoms with E-state index >= 15 is 0 Å². The molecule has 14 heavy (non-hydrogen) atoms. The third kappa shape index (κ3) is 3.70. The van der Waals surface area contributed by atoms with Gasteiger partial charge in [0.1, 0.15) is 5.83 Å². The maximum absolute atomic E-state index is 12.9. The number of hydrogen-bond acceptors (Lipinski definition) is 2. The van der Waals surface area contributed by atoms with Crippen molar-refractivity contribution in [1.29, 1.82) is 0 Å². The maximum atomic E-state index is 12.9. The largest absolute Gasteiger partial charge is 0.327 e. The van der Waals surface area contributed by atoms with Crippen LogP contribution in [0.4, 0.5) is 4.39 Å². The fourth-order valence-electron chi connectivity index (χ4n) is 0.895. The lowest BCUT2D eigenvalue weighted by Crippen LogP contribution is -1.95. The molecule has 1 nitrogen and oxygen atoms in total. The predicted molar refractivity (Wildman–Crippen MR) is 60.4 cm³/mol. The van der Waals surface area contributed by atoms with E-state index in [9.17, 15) is 4.39 Å². The Morgan fingerprint density at radius 2 is 2.21 bits per heavy atom. The summed E-state index contributed by atoms with van der Waals surface area (Å²) in [5, 5.41) is 0.651. The third-order valence-electron chi connectivity index (χ3n) is 1.54. The van der Waals surface area contributed by atoms with Crippen LogP contribution in [0.3, 0.4) is 0 Å². The Morgan fingerprint density at radius 3 is 2.86 bits per heavy atom. The smallest absolute Gasteiger partial charge is 0.107 e. The fourth-order valence-corrected chi connectivity index (χ4v) is 1.99. The summed E-state index contributed by atoms with van der Waals surface area (Å²) in [4.78, 5) is 0.884. The molecule has 1 rings (SSSR count). The normalized spacial score (nSPS) is 11.8. The van der Waals surface area contributed by atoms with E-state index in [1.54, 1.807) is 6.07 Å². The van der Waals surface area contributed by atoms with Crippen LogP contribution in [-0.4, -0.2) is 12.3 Å². The first-order chi connectivity index (χ1) is 6.74. The number of nitrogens with two attached hydrogens (primary N) is 1. The molecule has 0 spiro atoms. The molecule has 0 saturated carbocycles. The molecule has 0 unspecified atom stereocenters. The first-order valence-electron chi connectivity index (χ1n) is 4.16. The zero-order chi connectivity index (χ0) is 10.4. The lowest BCUT2D eigenvalue weighted by molar-refractivity contribution is 0.640. The Balaban J connectivity index is 2.54. The SMILES string of the molecule is NC/C=C(\F)CSc1ccccc1Cl. The van der Waals surface area contributed by atoms with Crippen LogP contribution in [0.15, 0.2) is 41.1 Å². The Kier molecular flexibility index (Phi) is 5.01. The van der Waals surface area contributed by atoms with Gasteiger partial charge in [0.15, 0.2) is 0 Å². The second-order valence-corrected chi connectivity index (χ2v) is 4.03. The molecule has 0 bridgehead atoms. The molecule has 0 saturated heterocycles. The summed E-state index contributed by atoms with van der Waals surface area (Å²) in [6.45, 7) is 0.231. The number of rotatable bonds is 4. The summed E-state index contributed by atoms with van der Waals surface area (Å²) < 4.78 is 12.9. The Hall–Kier alpha value is -0.510. The molecule has 1 aromatic rings. The molecular weight excluding hydrogens is 221 g/mol. The average molecular weight is 232 g/mol. The molecular formula is C10H11ClFNS. The van der Waals surface area contributed by atoms with Crippen molar-refractivity contribution in [3.8, 4) is 0 Å². The molecule has 0 aromatic heterocycles. The van der Waals surface area contributed by atoms with E-state index in [2.05, 4.69) is 0 Å². The van der Waals surface area contributed by atoms with E-state index in [0.717, 1.165) is 4.90 Å². The highest BCUT2D eigenvalue weighted by atomic mass is 35.5. The van der Waals surface area contributed by atoms with Crippen LogP contribution in [0, 0.1) is 0 Å². The lowest BCUT2D eigenvalue weighted by atomic mass is 10.4. The molecule has 1 aromatic carbocycles. The van der Waals surface area contributed by atoms with Gasteiger partial charge in [-0.3, -0.25) is 0 Å². The van der Waals surface area contributed by atoms with E-state index in [4.69, 9.17) is 17.3 Å². The molecule has 0 heterocycles. The zero-order valence-electron chi connectivity index (χ0n) is 7.54. The van der Waals surface area contributed by atoms with Crippen LogP contribution in [0.1, 0.15) is 0 Å². The molecule has 4 heteroatoms. The number of hydrogen-bond donors (Lipinski definition) is 1. The van der Waals surface area contributed by atoms with Gasteiger partial charge in [0.25, 0.3) is 0 Å².